The Morgan fingerprint density at radius 1 is 0.393 bits per heavy atom. The van der Waals surface area contributed by atoms with Crippen LogP contribution in [0, 0.1) is 0 Å². The number of benzene rings is 2. The van der Waals surface area contributed by atoms with Gasteiger partial charge in [-0.05, 0) is 0 Å². The normalized spacial score (nSPS) is 11.4. The number of fused-ring (bicyclic) bond motifs is 5. The van der Waals surface area contributed by atoms with Crippen molar-refractivity contribution in [2.24, 2.45) is 0 Å². The van der Waals surface area contributed by atoms with Gasteiger partial charge in [0.2, 0.25) is 0 Å². The van der Waals surface area contributed by atoms with Crippen LogP contribution in [0.25, 0.3) is 33.1 Å². The monoisotopic (exact) mass is 468 g/mol. The van der Waals surface area contributed by atoms with E-state index in [1.807, 2.05) is 0 Å². The molecule has 2 aromatic carbocycles. The minimum atomic E-state index is -1.55. The van der Waals surface area contributed by atoms with E-state index in [9.17, 15) is 19.2 Å². The zero-order valence-corrected chi connectivity index (χ0v) is 15.6. The number of hydrogen-bond acceptors (Lipinski definition) is 10. The van der Waals surface area contributed by atoms with Gasteiger partial charge in [0.25, 0.3) is 0 Å². The summed E-state index contributed by atoms with van der Waals surface area (Å²) < 4.78 is 28.1. The highest BCUT2D eigenvalue weighted by atomic mass is 35.5. The first kappa shape index (κ1) is 18.7. The van der Waals surface area contributed by atoms with Gasteiger partial charge in [-0.25, -0.2) is 19.2 Å². The fraction of sp³-hybridized carbons (Fsp3) is 0. The topological polar surface area (TPSA) is 147 Å². The molecule has 4 bridgehead atoms. The molecule has 0 fully saturated rings. The molecule has 0 spiro atoms. The van der Waals surface area contributed by atoms with E-state index < -0.39 is 65.7 Å². The molecule has 0 radical (unpaired) electrons. The van der Waals surface area contributed by atoms with Gasteiger partial charge in [0.05, 0.1) is 10.8 Å². The Labute approximate surface area is 168 Å². The van der Waals surface area contributed by atoms with Crippen LogP contribution in [0.3, 0.4) is 0 Å². The third kappa shape index (κ3) is 2.73. The van der Waals surface area contributed by atoms with Crippen molar-refractivity contribution in [3.63, 3.8) is 0 Å². The Morgan fingerprint density at radius 3 is 0.821 bits per heavy atom. The number of hydrogen-bond donors (Lipinski definition) is 0. The fourth-order valence-corrected chi connectivity index (χ4v) is 3.31. The molecule has 3 heterocycles. The largest absolute Gasteiger partial charge is 0.524 e. The highest BCUT2D eigenvalue weighted by molar-refractivity contribution is 6.53. The second-order valence-electron chi connectivity index (χ2n) is 4.93. The molecule has 0 N–H and O–H groups in total. The molecule has 144 valence electrons. The molecular weight excluding hydrogens is 470 g/mol. The highest BCUT2D eigenvalue weighted by Crippen LogP contribution is 2.46. The van der Waals surface area contributed by atoms with Gasteiger partial charge in [0, 0.05) is 0 Å². The first-order valence-electron chi connectivity index (χ1n) is 6.77. The van der Waals surface area contributed by atoms with Crippen molar-refractivity contribution in [2.75, 3.05) is 0 Å². The van der Waals surface area contributed by atoms with E-state index in [-0.39, 0.29) is 10.8 Å². The standard InChI is InChI=1S/C14Cl4O10/c15-3-5(17)9-2-1(7(3)23-11(19)27-13(21)25-9)8-4(16)6(18)10(2)26-14(22)28-12(20)24-8. The van der Waals surface area contributed by atoms with E-state index in [1.165, 1.54) is 0 Å². The number of rotatable bonds is 0. The van der Waals surface area contributed by atoms with Crippen molar-refractivity contribution in [3.8, 4) is 0 Å². The van der Waals surface area contributed by atoms with Gasteiger partial charge >= 0.3 is 23.3 Å². The minimum absolute atomic E-state index is 0.341. The SMILES string of the molecule is O=c1oc(=O)oc2c(Cl)c(Cl)c(o1)c1c3oc(=O)oc(=O)oc(c(Cl)c3Cl)c21. The third-order valence-corrected chi connectivity index (χ3v) is 5.05. The van der Waals surface area contributed by atoms with E-state index in [1.54, 1.807) is 0 Å². The van der Waals surface area contributed by atoms with Crippen LogP contribution in [0.5, 0.6) is 0 Å². The smallest absolute Gasteiger partial charge is 0.392 e. The predicted octanol–water partition coefficient (Wildman–Crippen LogP) is 3.88. The summed E-state index contributed by atoms with van der Waals surface area (Å²) >= 11 is 24.4. The van der Waals surface area contributed by atoms with Crippen LogP contribution >= 0.6 is 46.4 Å². The molecule has 0 aliphatic rings. The van der Waals surface area contributed by atoms with Crippen molar-refractivity contribution >= 4 is 79.5 Å². The minimum Gasteiger partial charge on any atom is -0.392 e. The van der Waals surface area contributed by atoms with Gasteiger partial charge in [-0.2, -0.15) is 0 Å². The second-order valence-corrected chi connectivity index (χ2v) is 6.45. The van der Waals surface area contributed by atoms with Crippen LogP contribution in [0.2, 0.25) is 20.1 Å². The Kier molecular flexibility index (Phi) is 4.31. The molecule has 5 rings (SSSR count). The number of halogens is 4. The van der Waals surface area contributed by atoms with Crippen molar-refractivity contribution in [3.05, 3.63) is 62.6 Å². The lowest BCUT2D eigenvalue weighted by molar-refractivity contribution is 0.268. The van der Waals surface area contributed by atoms with Crippen LogP contribution in [0.1, 0.15) is 0 Å². The lowest BCUT2D eigenvalue weighted by atomic mass is 10.1. The Balaban J connectivity index is 2.72. The quantitative estimate of drug-likeness (QED) is 0.371. The molecular formula is C14Cl4O10. The molecule has 14 heteroatoms. The lowest BCUT2D eigenvalue weighted by Crippen LogP contribution is -2.03. The first-order valence-corrected chi connectivity index (χ1v) is 8.28. The second kappa shape index (κ2) is 6.45. The van der Waals surface area contributed by atoms with Gasteiger partial charge in [0.15, 0.2) is 22.3 Å². The van der Waals surface area contributed by atoms with Crippen molar-refractivity contribution < 1.29 is 26.5 Å². The summed E-state index contributed by atoms with van der Waals surface area (Å²) in [6, 6.07) is 0. The Bertz CT molecular complexity index is 1360. The fourth-order valence-electron chi connectivity index (χ4n) is 2.43. The van der Waals surface area contributed by atoms with E-state index >= 15 is 0 Å². The van der Waals surface area contributed by atoms with E-state index in [0.717, 1.165) is 0 Å². The zero-order chi connectivity index (χ0) is 20.3. The van der Waals surface area contributed by atoms with Crippen molar-refractivity contribution in [1.29, 1.82) is 0 Å². The van der Waals surface area contributed by atoms with Gasteiger partial charge in [-0.15, -0.1) is 0 Å². The molecule has 0 saturated carbocycles. The molecule has 0 unspecified atom stereocenters. The summed E-state index contributed by atoms with van der Waals surface area (Å²) in [7, 11) is 0. The Hall–Kier alpha value is -2.66. The molecule has 10 nitrogen and oxygen atoms in total. The average Bonchev–Trinajstić information content (AvgIpc) is 2.74. The molecule has 0 aliphatic heterocycles. The summed E-state index contributed by atoms with van der Waals surface area (Å²) in [4.78, 5) is 47.1. The summed E-state index contributed by atoms with van der Waals surface area (Å²) in [6.07, 6.45) is 0. The van der Waals surface area contributed by atoms with Crippen LogP contribution in [-0.2, 0) is 0 Å². The molecule has 0 amide bonds. The molecule has 5 aromatic rings. The predicted molar refractivity (Wildman–Crippen MR) is 95.3 cm³/mol. The van der Waals surface area contributed by atoms with E-state index in [0.29, 0.717) is 0 Å². The maximum absolute atomic E-state index is 11.8. The molecule has 3 aromatic heterocycles. The van der Waals surface area contributed by atoms with Crippen LogP contribution in [-0.4, -0.2) is 0 Å². The van der Waals surface area contributed by atoms with Gasteiger partial charge in [-0.1, -0.05) is 46.4 Å². The third-order valence-electron chi connectivity index (χ3n) is 3.42. The van der Waals surface area contributed by atoms with Crippen LogP contribution in [0.15, 0.2) is 45.7 Å². The zero-order valence-electron chi connectivity index (χ0n) is 12.6. The molecule has 0 atom stereocenters. The van der Waals surface area contributed by atoms with Crippen LogP contribution < -0.4 is 23.3 Å². The maximum Gasteiger partial charge on any atom is 0.524 e. The molecule has 28 heavy (non-hydrogen) atoms. The average molecular weight is 470 g/mol. The summed E-state index contributed by atoms with van der Waals surface area (Å²) in [5.74, 6) is -6.20. The first-order chi connectivity index (χ1) is 13.2. The van der Waals surface area contributed by atoms with Crippen molar-refractivity contribution in [2.45, 2.75) is 0 Å². The lowest BCUT2D eigenvalue weighted by Gasteiger charge is -2.07. The van der Waals surface area contributed by atoms with Crippen molar-refractivity contribution in [1.82, 2.24) is 0 Å². The van der Waals surface area contributed by atoms with E-state index in [4.69, 9.17) is 64.1 Å². The summed E-state index contributed by atoms with van der Waals surface area (Å²) in [5.41, 5.74) is -2.19. The molecule has 0 saturated heterocycles. The highest BCUT2D eigenvalue weighted by Gasteiger charge is 2.26. The van der Waals surface area contributed by atoms with E-state index in [2.05, 4.69) is 8.83 Å². The maximum atomic E-state index is 11.8. The van der Waals surface area contributed by atoms with Gasteiger partial charge in [-0.3, -0.25) is 0 Å². The summed E-state index contributed by atoms with van der Waals surface area (Å²) in [6.45, 7) is 0. The van der Waals surface area contributed by atoms with Gasteiger partial charge < -0.3 is 26.5 Å². The molecule has 0 aliphatic carbocycles. The summed E-state index contributed by atoms with van der Waals surface area (Å²) in [5, 5.41) is -2.44. The van der Waals surface area contributed by atoms with Gasteiger partial charge in [0.1, 0.15) is 20.1 Å². The Morgan fingerprint density at radius 2 is 0.607 bits per heavy atom. The van der Waals surface area contributed by atoms with Crippen LogP contribution in [0.4, 0.5) is 0 Å².